The zero-order valence-electron chi connectivity index (χ0n) is 11.7. The van der Waals surface area contributed by atoms with Crippen molar-refractivity contribution in [1.82, 2.24) is 10.2 Å². The highest BCUT2D eigenvalue weighted by atomic mass is 32.2. The molecule has 1 atom stereocenters. The third kappa shape index (κ3) is 3.53. The van der Waals surface area contributed by atoms with Gasteiger partial charge in [-0.05, 0) is 26.5 Å². The number of nitrogens with one attached hydrogen (secondary N) is 1. The van der Waals surface area contributed by atoms with Gasteiger partial charge in [0.2, 0.25) is 0 Å². The fraction of sp³-hybridized carbons (Fsp3) is 0.714. The summed E-state index contributed by atoms with van der Waals surface area (Å²) in [6.07, 6.45) is 0. The number of rotatable bonds is 5. The lowest BCUT2D eigenvalue weighted by molar-refractivity contribution is 0.205. The van der Waals surface area contributed by atoms with E-state index in [0.29, 0.717) is 6.04 Å². The van der Waals surface area contributed by atoms with E-state index in [-0.39, 0.29) is 0 Å². The number of aryl methyl sites for hydroxylation is 1. The Hall–Kier alpha value is -0.450. The molecule has 1 aromatic heterocycles. The van der Waals surface area contributed by atoms with Crippen LogP contribution in [0.25, 0.3) is 0 Å². The highest BCUT2D eigenvalue weighted by Crippen LogP contribution is 2.21. The molecular formula is C14H24N2OS. The molecule has 2 rings (SSSR count). The minimum atomic E-state index is 0.659. The SMILES string of the molecule is CCNCc1cc(CN2CCSCC2C)oc1C. The lowest BCUT2D eigenvalue weighted by Gasteiger charge is -2.32. The molecule has 1 saturated heterocycles. The van der Waals surface area contributed by atoms with Crippen LogP contribution in [0, 0.1) is 6.92 Å². The Balaban J connectivity index is 1.96. The predicted octanol–water partition coefficient (Wildman–Crippen LogP) is 2.63. The second-order valence-corrected chi connectivity index (χ2v) is 6.12. The van der Waals surface area contributed by atoms with E-state index >= 15 is 0 Å². The van der Waals surface area contributed by atoms with Gasteiger partial charge in [0.25, 0.3) is 0 Å². The van der Waals surface area contributed by atoms with Crippen LogP contribution in [0.15, 0.2) is 10.5 Å². The molecule has 1 fully saturated rings. The van der Waals surface area contributed by atoms with Crippen molar-refractivity contribution >= 4 is 11.8 Å². The molecule has 4 heteroatoms. The first kappa shape index (κ1) is 14.0. The number of thioether (sulfide) groups is 1. The van der Waals surface area contributed by atoms with Crippen molar-refractivity contribution in [1.29, 1.82) is 0 Å². The van der Waals surface area contributed by atoms with Crippen molar-refractivity contribution in [2.24, 2.45) is 0 Å². The van der Waals surface area contributed by atoms with Crippen molar-refractivity contribution in [3.8, 4) is 0 Å². The Morgan fingerprint density at radius 2 is 2.39 bits per heavy atom. The molecule has 18 heavy (non-hydrogen) atoms. The highest BCUT2D eigenvalue weighted by Gasteiger charge is 2.20. The summed E-state index contributed by atoms with van der Waals surface area (Å²) in [4.78, 5) is 2.52. The second kappa shape index (κ2) is 6.64. The summed E-state index contributed by atoms with van der Waals surface area (Å²) in [5.41, 5.74) is 1.30. The summed E-state index contributed by atoms with van der Waals surface area (Å²) in [6.45, 7) is 10.5. The Labute approximate surface area is 114 Å². The summed E-state index contributed by atoms with van der Waals surface area (Å²) in [5.74, 6) is 4.65. The Morgan fingerprint density at radius 1 is 1.56 bits per heavy atom. The van der Waals surface area contributed by atoms with Gasteiger partial charge in [-0.25, -0.2) is 0 Å². The standard InChI is InChI=1S/C14H24N2OS/c1-4-15-8-13-7-14(17-12(13)3)9-16-5-6-18-10-11(16)2/h7,11,15H,4-6,8-10H2,1-3H3. The fourth-order valence-corrected chi connectivity index (χ4v) is 3.38. The molecule has 1 unspecified atom stereocenters. The highest BCUT2D eigenvalue weighted by molar-refractivity contribution is 7.99. The van der Waals surface area contributed by atoms with Crippen LogP contribution in [0.2, 0.25) is 0 Å². The average molecular weight is 268 g/mol. The molecule has 1 aliphatic rings. The van der Waals surface area contributed by atoms with Crippen molar-refractivity contribution < 1.29 is 4.42 Å². The molecule has 0 radical (unpaired) electrons. The quantitative estimate of drug-likeness (QED) is 0.888. The summed E-state index contributed by atoms with van der Waals surface area (Å²) in [5, 5.41) is 3.35. The second-order valence-electron chi connectivity index (χ2n) is 4.97. The fourth-order valence-electron chi connectivity index (χ4n) is 2.30. The van der Waals surface area contributed by atoms with Gasteiger partial charge in [-0.1, -0.05) is 6.92 Å². The summed E-state index contributed by atoms with van der Waals surface area (Å²) in [6, 6.07) is 2.87. The van der Waals surface area contributed by atoms with E-state index in [1.165, 1.54) is 23.6 Å². The van der Waals surface area contributed by atoms with Crippen LogP contribution in [-0.4, -0.2) is 35.5 Å². The van der Waals surface area contributed by atoms with Gasteiger partial charge in [0, 0.05) is 36.2 Å². The Morgan fingerprint density at radius 3 is 3.11 bits per heavy atom. The normalized spacial score (nSPS) is 21.4. The first-order chi connectivity index (χ1) is 8.70. The molecule has 3 nitrogen and oxygen atoms in total. The topological polar surface area (TPSA) is 28.4 Å². The van der Waals surface area contributed by atoms with Crippen molar-refractivity contribution in [2.45, 2.75) is 39.9 Å². The molecule has 0 bridgehead atoms. The zero-order chi connectivity index (χ0) is 13.0. The third-order valence-corrected chi connectivity index (χ3v) is 4.69. The molecule has 2 heterocycles. The van der Waals surface area contributed by atoms with Crippen LogP contribution in [0.4, 0.5) is 0 Å². The van der Waals surface area contributed by atoms with E-state index < -0.39 is 0 Å². The van der Waals surface area contributed by atoms with Crippen LogP contribution < -0.4 is 5.32 Å². The molecule has 0 spiro atoms. The van der Waals surface area contributed by atoms with Crippen LogP contribution in [0.3, 0.4) is 0 Å². The van der Waals surface area contributed by atoms with Gasteiger partial charge in [-0.3, -0.25) is 4.90 Å². The van der Waals surface area contributed by atoms with Crippen molar-refractivity contribution in [3.05, 3.63) is 23.2 Å². The Kier molecular flexibility index (Phi) is 5.15. The number of hydrogen-bond donors (Lipinski definition) is 1. The maximum atomic E-state index is 5.87. The molecule has 1 aliphatic heterocycles. The van der Waals surface area contributed by atoms with Crippen LogP contribution in [0.1, 0.15) is 30.9 Å². The van der Waals surface area contributed by atoms with Gasteiger partial charge >= 0.3 is 0 Å². The summed E-state index contributed by atoms with van der Waals surface area (Å²) < 4.78 is 5.87. The monoisotopic (exact) mass is 268 g/mol. The molecule has 0 amide bonds. The van der Waals surface area contributed by atoms with Gasteiger partial charge in [-0.2, -0.15) is 11.8 Å². The Bertz CT molecular complexity index is 378. The van der Waals surface area contributed by atoms with E-state index in [4.69, 9.17) is 4.42 Å². The smallest absolute Gasteiger partial charge is 0.118 e. The maximum absolute atomic E-state index is 5.87. The molecule has 1 aromatic rings. The first-order valence-electron chi connectivity index (χ1n) is 6.81. The number of nitrogens with zero attached hydrogens (tertiary/aromatic N) is 1. The third-order valence-electron chi connectivity index (χ3n) is 3.50. The molecule has 1 N–H and O–H groups in total. The number of hydrogen-bond acceptors (Lipinski definition) is 4. The van der Waals surface area contributed by atoms with Crippen molar-refractivity contribution in [2.75, 3.05) is 24.6 Å². The zero-order valence-corrected chi connectivity index (χ0v) is 12.5. The van der Waals surface area contributed by atoms with E-state index in [0.717, 1.165) is 31.2 Å². The van der Waals surface area contributed by atoms with Crippen LogP contribution in [0.5, 0.6) is 0 Å². The largest absolute Gasteiger partial charge is 0.465 e. The van der Waals surface area contributed by atoms with Gasteiger partial charge in [0.05, 0.1) is 6.54 Å². The van der Waals surface area contributed by atoms with Crippen LogP contribution >= 0.6 is 11.8 Å². The van der Waals surface area contributed by atoms with Crippen LogP contribution in [-0.2, 0) is 13.1 Å². The van der Waals surface area contributed by atoms with E-state index in [1.807, 2.05) is 0 Å². The van der Waals surface area contributed by atoms with E-state index in [9.17, 15) is 0 Å². The first-order valence-corrected chi connectivity index (χ1v) is 7.97. The average Bonchev–Trinajstić information content (AvgIpc) is 2.70. The van der Waals surface area contributed by atoms with E-state index in [1.54, 1.807) is 0 Å². The molecule has 102 valence electrons. The van der Waals surface area contributed by atoms with Gasteiger partial charge in [0.1, 0.15) is 11.5 Å². The minimum absolute atomic E-state index is 0.659. The van der Waals surface area contributed by atoms with E-state index in [2.05, 4.69) is 48.8 Å². The summed E-state index contributed by atoms with van der Waals surface area (Å²) in [7, 11) is 0. The summed E-state index contributed by atoms with van der Waals surface area (Å²) >= 11 is 2.05. The van der Waals surface area contributed by atoms with Gasteiger partial charge < -0.3 is 9.73 Å². The van der Waals surface area contributed by atoms with Gasteiger partial charge in [0.15, 0.2) is 0 Å². The molecule has 0 saturated carbocycles. The number of furan rings is 1. The molecule has 0 aromatic carbocycles. The lowest BCUT2D eigenvalue weighted by Crippen LogP contribution is -2.39. The minimum Gasteiger partial charge on any atom is -0.465 e. The predicted molar refractivity (Wildman–Crippen MR) is 78.0 cm³/mol. The lowest BCUT2D eigenvalue weighted by atomic mass is 10.2. The maximum Gasteiger partial charge on any atom is 0.118 e. The van der Waals surface area contributed by atoms with Gasteiger partial charge in [-0.15, -0.1) is 0 Å². The molecule has 0 aliphatic carbocycles. The molecular weight excluding hydrogens is 244 g/mol. The van der Waals surface area contributed by atoms with Crippen molar-refractivity contribution in [3.63, 3.8) is 0 Å².